The van der Waals surface area contributed by atoms with Gasteiger partial charge in [0.15, 0.2) is 5.16 Å². The predicted molar refractivity (Wildman–Crippen MR) is 166 cm³/mol. The van der Waals surface area contributed by atoms with Gasteiger partial charge in [0.1, 0.15) is 5.82 Å². The highest BCUT2D eigenvalue weighted by molar-refractivity contribution is 7.98. The minimum atomic E-state index is 0.0151. The fourth-order valence-electron chi connectivity index (χ4n) is 4.79. The van der Waals surface area contributed by atoms with E-state index < -0.39 is 0 Å². The summed E-state index contributed by atoms with van der Waals surface area (Å²) < 4.78 is 0. The van der Waals surface area contributed by atoms with Crippen molar-refractivity contribution in [2.45, 2.75) is 30.8 Å². The first-order valence-electron chi connectivity index (χ1n) is 13.6. The van der Waals surface area contributed by atoms with Crippen molar-refractivity contribution < 1.29 is 4.79 Å². The zero-order valence-electron chi connectivity index (χ0n) is 23.0. The lowest BCUT2D eigenvalue weighted by atomic mass is 10.1. The molecule has 0 unspecified atom stereocenters. The number of para-hydroxylation sites is 1. The molecule has 0 saturated carbocycles. The lowest BCUT2D eigenvalue weighted by molar-refractivity contribution is 0.0785. The van der Waals surface area contributed by atoms with Crippen LogP contribution in [0.15, 0.2) is 90.1 Å². The van der Waals surface area contributed by atoms with E-state index in [-0.39, 0.29) is 5.91 Å². The van der Waals surface area contributed by atoms with Crippen LogP contribution >= 0.6 is 23.4 Å². The Morgan fingerprint density at radius 2 is 1.55 bits per heavy atom. The molecule has 1 aromatic heterocycles. The number of hydrogen-bond donors (Lipinski definition) is 0. The number of carbonyl (C=O) groups is 1. The van der Waals surface area contributed by atoms with Crippen LogP contribution in [-0.4, -0.2) is 54.0 Å². The van der Waals surface area contributed by atoms with Crippen LogP contribution in [0.1, 0.15) is 34.1 Å². The summed E-state index contributed by atoms with van der Waals surface area (Å²) >= 11 is 8.06. The topological polar surface area (TPSA) is 52.6 Å². The predicted octanol–water partition coefficient (Wildman–Crippen LogP) is 6.58. The third kappa shape index (κ3) is 6.95. The number of piperazine rings is 1. The van der Waals surface area contributed by atoms with Gasteiger partial charge in [0.25, 0.3) is 5.91 Å². The zero-order chi connectivity index (χ0) is 27.9. The van der Waals surface area contributed by atoms with Gasteiger partial charge < -0.3 is 14.7 Å². The minimum Gasteiger partial charge on any atom is -0.367 e. The number of nitrogens with zero attached hydrogens (tertiary/aromatic N) is 5. The zero-order valence-corrected chi connectivity index (χ0v) is 24.5. The quantitative estimate of drug-likeness (QED) is 0.167. The summed E-state index contributed by atoms with van der Waals surface area (Å²) in [5.41, 5.74) is 5.07. The summed E-state index contributed by atoms with van der Waals surface area (Å²) in [6.45, 7) is 6.25. The average molecular weight is 572 g/mol. The van der Waals surface area contributed by atoms with E-state index in [4.69, 9.17) is 21.6 Å². The summed E-state index contributed by atoms with van der Waals surface area (Å²) in [5, 5.41) is 1.58. The molecule has 3 aromatic carbocycles. The van der Waals surface area contributed by atoms with Crippen LogP contribution in [0.25, 0.3) is 0 Å². The first-order valence-corrected chi connectivity index (χ1v) is 15.0. The Balaban J connectivity index is 1.19. The van der Waals surface area contributed by atoms with E-state index in [1.54, 1.807) is 16.7 Å². The first kappa shape index (κ1) is 28.0. The van der Waals surface area contributed by atoms with Gasteiger partial charge in [-0.1, -0.05) is 84.9 Å². The number of halogens is 1. The Morgan fingerprint density at radius 1 is 0.875 bits per heavy atom. The number of rotatable bonds is 9. The summed E-state index contributed by atoms with van der Waals surface area (Å²) in [4.78, 5) is 29.0. The van der Waals surface area contributed by atoms with E-state index in [0.717, 1.165) is 76.9 Å². The van der Waals surface area contributed by atoms with E-state index >= 15 is 0 Å². The number of thioether (sulfide) groups is 1. The molecule has 1 aliphatic rings. The monoisotopic (exact) mass is 571 g/mol. The number of aryl methyl sites for hydroxylation is 1. The molecule has 0 bridgehead atoms. The molecule has 40 heavy (non-hydrogen) atoms. The molecule has 0 spiro atoms. The van der Waals surface area contributed by atoms with Gasteiger partial charge in [-0.05, 0) is 41.8 Å². The molecule has 206 valence electrons. The van der Waals surface area contributed by atoms with Crippen molar-refractivity contribution in [3.8, 4) is 0 Å². The molecule has 1 saturated heterocycles. The molecule has 8 heteroatoms. The van der Waals surface area contributed by atoms with Crippen molar-refractivity contribution in [3.05, 3.63) is 112 Å². The van der Waals surface area contributed by atoms with Crippen molar-refractivity contribution in [1.29, 1.82) is 0 Å². The van der Waals surface area contributed by atoms with Gasteiger partial charge in [-0.3, -0.25) is 4.79 Å². The smallest absolute Gasteiger partial charge is 0.253 e. The summed E-state index contributed by atoms with van der Waals surface area (Å²) in [6, 6.07) is 28.0. The molecule has 0 atom stereocenters. The van der Waals surface area contributed by atoms with Gasteiger partial charge in [0.2, 0.25) is 0 Å². The van der Waals surface area contributed by atoms with Crippen LogP contribution in [0.2, 0.25) is 5.02 Å². The number of benzene rings is 3. The molecule has 1 fully saturated rings. The Kier molecular flexibility index (Phi) is 9.24. The number of amides is 1. The maximum atomic E-state index is 12.9. The summed E-state index contributed by atoms with van der Waals surface area (Å²) in [6.07, 6.45) is 0.857. The third-order valence-electron chi connectivity index (χ3n) is 7.08. The Bertz CT molecular complexity index is 1430. The number of hydrogen-bond acceptors (Lipinski definition) is 6. The molecule has 5 rings (SSSR count). The molecule has 0 N–H and O–H groups in total. The third-order valence-corrected chi connectivity index (χ3v) is 8.32. The van der Waals surface area contributed by atoms with Gasteiger partial charge in [-0.2, -0.15) is 0 Å². The number of aromatic nitrogens is 2. The number of carbonyl (C=O) groups excluding carboxylic acids is 1. The van der Waals surface area contributed by atoms with Gasteiger partial charge >= 0.3 is 0 Å². The van der Waals surface area contributed by atoms with Crippen molar-refractivity contribution in [2.75, 3.05) is 43.0 Å². The first-order chi connectivity index (χ1) is 19.5. The lowest BCUT2D eigenvalue weighted by Gasteiger charge is -2.37. The molecule has 1 aliphatic heterocycles. The molecular formula is C32H34ClN5OS. The van der Waals surface area contributed by atoms with Crippen LogP contribution in [0.3, 0.4) is 0 Å². The van der Waals surface area contributed by atoms with Crippen LogP contribution in [0.4, 0.5) is 11.5 Å². The standard InChI is InChI=1S/C32H34ClN5OS/c1-3-27-21-30(38-19-17-37(18-20-38)29-12-8-7-11-28(29)33)35-32(34-27)40-23-25-13-15-26(16-14-25)31(39)36(2)22-24-9-5-4-6-10-24/h4-16,21H,3,17-20,22-23H2,1-2H3. The van der Waals surface area contributed by atoms with Crippen LogP contribution < -0.4 is 9.80 Å². The molecule has 6 nitrogen and oxygen atoms in total. The van der Waals surface area contributed by atoms with E-state index in [1.165, 1.54) is 0 Å². The highest BCUT2D eigenvalue weighted by Gasteiger charge is 2.21. The fraction of sp³-hybridized carbons (Fsp3) is 0.281. The van der Waals surface area contributed by atoms with E-state index in [2.05, 4.69) is 28.9 Å². The molecule has 0 aliphatic carbocycles. The van der Waals surface area contributed by atoms with Crippen LogP contribution in [0.5, 0.6) is 0 Å². The maximum Gasteiger partial charge on any atom is 0.253 e. The van der Waals surface area contributed by atoms with E-state index in [0.29, 0.717) is 12.1 Å². The van der Waals surface area contributed by atoms with Gasteiger partial charge in [0.05, 0.1) is 10.7 Å². The normalized spacial score (nSPS) is 13.4. The van der Waals surface area contributed by atoms with Crippen molar-refractivity contribution >= 4 is 40.8 Å². The van der Waals surface area contributed by atoms with Crippen LogP contribution in [0, 0.1) is 0 Å². The Labute approximate surface area is 246 Å². The molecule has 2 heterocycles. The Hall–Kier alpha value is -3.55. The van der Waals surface area contributed by atoms with Crippen molar-refractivity contribution in [2.24, 2.45) is 0 Å². The average Bonchev–Trinajstić information content (AvgIpc) is 3.00. The second-order valence-electron chi connectivity index (χ2n) is 9.91. The maximum absolute atomic E-state index is 12.9. The minimum absolute atomic E-state index is 0.0151. The summed E-state index contributed by atoms with van der Waals surface area (Å²) in [5.74, 6) is 1.73. The number of anilines is 2. The second kappa shape index (κ2) is 13.2. The van der Waals surface area contributed by atoms with E-state index in [9.17, 15) is 4.79 Å². The SMILES string of the molecule is CCc1cc(N2CCN(c3ccccc3Cl)CC2)nc(SCc2ccc(C(=O)N(C)Cc3ccccc3)cc2)n1. The second-order valence-corrected chi connectivity index (χ2v) is 11.3. The Morgan fingerprint density at radius 3 is 2.25 bits per heavy atom. The van der Waals surface area contributed by atoms with Crippen molar-refractivity contribution in [3.63, 3.8) is 0 Å². The molecule has 0 radical (unpaired) electrons. The summed E-state index contributed by atoms with van der Waals surface area (Å²) in [7, 11) is 1.84. The van der Waals surface area contributed by atoms with Gasteiger partial charge in [0, 0.05) is 62.8 Å². The molecule has 1 amide bonds. The van der Waals surface area contributed by atoms with Gasteiger partial charge in [-0.15, -0.1) is 0 Å². The van der Waals surface area contributed by atoms with Crippen molar-refractivity contribution in [1.82, 2.24) is 14.9 Å². The largest absolute Gasteiger partial charge is 0.367 e. The highest BCUT2D eigenvalue weighted by atomic mass is 35.5. The van der Waals surface area contributed by atoms with Crippen LogP contribution in [-0.2, 0) is 18.7 Å². The lowest BCUT2D eigenvalue weighted by Crippen LogP contribution is -2.47. The highest BCUT2D eigenvalue weighted by Crippen LogP contribution is 2.28. The van der Waals surface area contributed by atoms with Gasteiger partial charge in [-0.25, -0.2) is 9.97 Å². The molecular weight excluding hydrogens is 538 g/mol. The fourth-order valence-corrected chi connectivity index (χ4v) is 5.88. The van der Waals surface area contributed by atoms with E-state index in [1.807, 2.05) is 79.8 Å². The molecule has 4 aromatic rings.